The first-order valence-corrected chi connectivity index (χ1v) is 8.09. The summed E-state index contributed by atoms with van der Waals surface area (Å²) in [4.78, 5) is 0.208. The van der Waals surface area contributed by atoms with Gasteiger partial charge < -0.3 is 0 Å². The largest absolute Gasteiger partial charge is 0.243 e. The molecule has 20 heavy (non-hydrogen) atoms. The van der Waals surface area contributed by atoms with Crippen molar-refractivity contribution < 1.29 is 12.8 Å². The average Bonchev–Trinajstić information content (AvgIpc) is 2.39. The van der Waals surface area contributed by atoms with Crippen LogP contribution in [0.4, 0.5) is 4.39 Å². The van der Waals surface area contributed by atoms with Gasteiger partial charge in [0.25, 0.3) is 0 Å². The molecule has 0 aliphatic rings. The quantitative estimate of drug-likeness (QED) is 0.840. The Morgan fingerprint density at radius 1 is 1.15 bits per heavy atom. The molecule has 2 aromatic rings. The van der Waals surface area contributed by atoms with Gasteiger partial charge >= 0.3 is 0 Å². The summed E-state index contributed by atoms with van der Waals surface area (Å²) in [5.74, 6) is -0.378. The van der Waals surface area contributed by atoms with E-state index in [1.54, 1.807) is 24.3 Å². The molecule has 0 saturated carbocycles. The summed E-state index contributed by atoms with van der Waals surface area (Å²) >= 11 is 3.26. The van der Waals surface area contributed by atoms with Gasteiger partial charge in [-0.1, -0.05) is 28.1 Å². The third-order valence-corrected chi connectivity index (χ3v) is 5.16. The third kappa shape index (κ3) is 3.45. The molecule has 0 unspecified atom stereocenters. The van der Waals surface area contributed by atoms with E-state index < -0.39 is 10.0 Å². The van der Waals surface area contributed by atoms with E-state index in [1.807, 2.05) is 0 Å². The SMILES string of the molecule is CN(Cc1cccc(F)c1)S(=O)(=O)c1ccc(Br)cc1. The molecule has 2 aromatic carbocycles. The molecule has 0 heterocycles. The zero-order valence-corrected chi connectivity index (χ0v) is 13.2. The van der Waals surface area contributed by atoms with Crippen molar-refractivity contribution in [2.75, 3.05) is 7.05 Å². The van der Waals surface area contributed by atoms with E-state index in [0.29, 0.717) is 5.56 Å². The second-order valence-electron chi connectivity index (χ2n) is 4.34. The maximum atomic E-state index is 13.1. The minimum atomic E-state index is -3.58. The Kier molecular flexibility index (Phi) is 4.57. The van der Waals surface area contributed by atoms with Crippen LogP contribution in [-0.4, -0.2) is 19.8 Å². The Bertz CT molecular complexity index is 701. The molecule has 106 valence electrons. The smallest absolute Gasteiger partial charge is 0.207 e. The van der Waals surface area contributed by atoms with Gasteiger partial charge in [0.2, 0.25) is 10.0 Å². The van der Waals surface area contributed by atoms with Crippen molar-refractivity contribution in [2.24, 2.45) is 0 Å². The van der Waals surface area contributed by atoms with E-state index in [9.17, 15) is 12.8 Å². The highest BCUT2D eigenvalue weighted by Gasteiger charge is 2.20. The van der Waals surface area contributed by atoms with Gasteiger partial charge in [0.05, 0.1) is 4.90 Å². The molecule has 0 fully saturated rings. The van der Waals surface area contributed by atoms with Crippen molar-refractivity contribution in [1.29, 1.82) is 0 Å². The molecule has 6 heteroatoms. The Balaban J connectivity index is 2.23. The van der Waals surface area contributed by atoms with Crippen LogP contribution in [0.15, 0.2) is 57.9 Å². The third-order valence-electron chi connectivity index (χ3n) is 2.82. The predicted molar refractivity (Wildman–Crippen MR) is 79.2 cm³/mol. The first-order valence-electron chi connectivity index (χ1n) is 5.86. The summed E-state index contributed by atoms with van der Waals surface area (Å²) in [6.45, 7) is 0.121. The van der Waals surface area contributed by atoms with Gasteiger partial charge in [-0.25, -0.2) is 12.8 Å². The Morgan fingerprint density at radius 3 is 2.40 bits per heavy atom. The highest BCUT2D eigenvalue weighted by atomic mass is 79.9. The maximum Gasteiger partial charge on any atom is 0.243 e. The predicted octanol–water partition coefficient (Wildman–Crippen LogP) is 3.41. The fourth-order valence-electron chi connectivity index (χ4n) is 1.76. The van der Waals surface area contributed by atoms with Gasteiger partial charge in [-0.05, 0) is 42.0 Å². The van der Waals surface area contributed by atoms with E-state index in [4.69, 9.17) is 0 Å². The molecule has 0 aliphatic carbocycles. The van der Waals surface area contributed by atoms with Crippen LogP contribution in [0.2, 0.25) is 0 Å². The van der Waals surface area contributed by atoms with Gasteiger partial charge in [0.1, 0.15) is 5.82 Å². The number of rotatable bonds is 4. The van der Waals surface area contributed by atoms with Crippen LogP contribution >= 0.6 is 15.9 Å². The van der Waals surface area contributed by atoms with Crippen molar-refractivity contribution in [2.45, 2.75) is 11.4 Å². The summed E-state index contributed by atoms with van der Waals surface area (Å²) < 4.78 is 39.8. The van der Waals surface area contributed by atoms with Crippen molar-refractivity contribution in [3.05, 3.63) is 64.4 Å². The van der Waals surface area contributed by atoms with Gasteiger partial charge in [-0.2, -0.15) is 4.31 Å². The Morgan fingerprint density at radius 2 is 1.80 bits per heavy atom. The number of sulfonamides is 1. The minimum absolute atomic E-state index is 0.121. The Labute approximate surface area is 126 Å². The summed E-state index contributed by atoms with van der Waals surface area (Å²) in [5, 5.41) is 0. The molecule has 0 aromatic heterocycles. The molecule has 2 rings (SSSR count). The lowest BCUT2D eigenvalue weighted by Gasteiger charge is -2.17. The molecule has 0 atom stereocenters. The van der Waals surface area contributed by atoms with Crippen LogP contribution in [0, 0.1) is 5.82 Å². The molecule has 0 saturated heterocycles. The lowest BCUT2D eigenvalue weighted by atomic mass is 10.2. The summed E-state index contributed by atoms with van der Waals surface area (Å²) in [6, 6.07) is 12.3. The van der Waals surface area contributed by atoms with E-state index in [2.05, 4.69) is 15.9 Å². The van der Waals surface area contributed by atoms with Crippen LogP contribution in [0.5, 0.6) is 0 Å². The van der Waals surface area contributed by atoms with Crippen molar-refractivity contribution >= 4 is 26.0 Å². The number of nitrogens with zero attached hydrogens (tertiary/aromatic N) is 1. The monoisotopic (exact) mass is 357 g/mol. The molecule has 0 amide bonds. The van der Waals surface area contributed by atoms with Crippen LogP contribution in [0.3, 0.4) is 0 Å². The molecule has 3 nitrogen and oxygen atoms in total. The summed E-state index contributed by atoms with van der Waals surface area (Å²) in [6.07, 6.45) is 0. The lowest BCUT2D eigenvalue weighted by Crippen LogP contribution is -2.26. The fourth-order valence-corrected chi connectivity index (χ4v) is 3.19. The van der Waals surface area contributed by atoms with Crippen molar-refractivity contribution in [3.63, 3.8) is 0 Å². The van der Waals surface area contributed by atoms with E-state index in [-0.39, 0.29) is 17.3 Å². The van der Waals surface area contributed by atoms with Crippen LogP contribution < -0.4 is 0 Å². The molecule has 0 bridgehead atoms. The molecule has 0 radical (unpaired) electrons. The van der Waals surface area contributed by atoms with Gasteiger partial charge in [0, 0.05) is 18.1 Å². The highest BCUT2D eigenvalue weighted by molar-refractivity contribution is 9.10. The lowest BCUT2D eigenvalue weighted by molar-refractivity contribution is 0.465. The summed E-state index contributed by atoms with van der Waals surface area (Å²) in [7, 11) is -2.10. The number of hydrogen-bond acceptors (Lipinski definition) is 2. The maximum absolute atomic E-state index is 13.1. The van der Waals surface area contributed by atoms with E-state index >= 15 is 0 Å². The minimum Gasteiger partial charge on any atom is -0.207 e. The van der Waals surface area contributed by atoms with Gasteiger partial charge in [0.15, 0.2) is 0 Å². The second kappa shape index (κ2) is 6.03. The van der Waals surface area contributed by atoms with Crippen LogP contribution in [0.25, 0.3) is 0 Å². The first-order chi connectivity index (χ1) is 9.39. The van der Waals surface area contributed by atoms with Gasteiger partial charge in [-0.3, -0.25) is 0 Å². The average molecular weight is 358 g/mol. The van der Waals surface area contributed by atoms with E-state index in [0.717, 1.165) is 4.47 Å². The van der Waals surface area contributed by atoms with Crippen molar-refractivity contribution in [3.8, 4) is 0 Å². The number of halogens is 2. The molecule has 0 aliphatic heterocycles. The second-order valence-corrected chi connectivity index (χ2v) is 7.31. The molecule has 0 spiro atoms. The number of benzene rings is 2. The van der Waals surface area contributed by atoms with Gasteiger partial charge in [-0.15, -0.1) is 0 Å². The molecule has 0 N–H and O–H groups in total. The summed E-state index contributed by atoms with van der Waals surface area (Å²) in [5.41, 5.74) is 0.605. The molecular formula is C14H13BrFNO2S. The zero-order valence-electron chi connectivity index (χ0n) is 10.8. The molecular weight excluding hydrogens is 345 g/mol. The van der Waals surface area contributed by atoms with Crippen LogP contribution in [-0.2, 0) is 16.6 Å². The van der Waals surface area contributed by atoms with Crippen molar-refractivity contribution in [1.82, 2.24) is 4.31 Å². The topological polar surface area (TPSA) is 37.4 Å². The normalized spacial score (nSPS) is 11.8. The fraction of sp³-hybridized carbons (Fsp3) is 0.143. The standard InChI is InChI=1S/C14H13BrFNO2S/c1-17(10-11-3-2-4-13(16)9-11)20(18,19)14-7-5-12(15)6-8-14/h2-9H,10H2,1H3. The number of hydrogen-bond donors (Lipinski definition) is 0. The Hall–Kier alpha value is -1.24. The van der Waals surface area contributed by atoms with E-state index in [1.165, 1.54) is 35.6 Å². The zero-order chi connectivity index (χ0) is 14.8. The van der Waals surface area contributed by atoms with Crippen LogP contribution in [0.1, 0.15) is 5.56 Å². The first kappa shape index (κ1) is 15.2. The highest BCUT2D eigenvalue weighted by Crippen LogP contribution is 2.19.